The van der Waals surface area contributed by atoms with Crippen LogP contribution in [0.1, 0.15) is 38.5 Å². The van der Waals surface area contributed by atoms with Gasteiger partial charge in [0.05, 0.1) is 0 Å². The van der Waals surface area contributed by atoms with Gasteiger partial charge in [0.1, 0.15) is 0 Å². The lowest BCUT2D eigenvalue weighted by atomic mass is 10.2. The number of hydrogen-bond acceptors (Lipinski definition) is 2. The molecule has 0 radical (unpaired) electrons. The van der Waals surface area contributed by atoms with Crippen molar-refractivity contribution in [2.24, 2.45) is 11.8 Å². The third-order valence-corrected chi connectivity index (χ3v) is 5.35. The molecule has 2 aliphatic rings. The quantitative estimate of drug-likeness (QED) is 0.503. The third-order valence-electron chi connectivity index (χ3n) is 4.25. The molecule has 0 heterocycles. The topological polar surface area (TPSA) is 20.3 Å². The molecular weight excluding hydrogens is 278 g/mol. The van der Waals surface area contributed by atoms with Crippen LogP contribution in [0.4, 0.5) is 0 Å². The summed E-state index contributed by atoms with van der Waals surface area (Å²) in [6, 6.07) is 10.5. The molecule has 114 valence electrons. The molecule has 1 amide bonds. The number of nitrogens with zero attached hydrogens (tertiary/aromatic N) is 1. The van der Waals surface area contributed by atoms with E-state index in [-0.39, 0.29) is 0 Å². The zero-order valence-corrected chi connectivity index (χ0v) is 13.5. The van der Waals surface area contributed by atoms with E-state index in [1.54, 1.807) is 0 Å². The number of carbonyl (C=O) groups is 1. The number of carbonyl (C=O) groups excluding carboxylic acids is 1. The number of amides is 1. The third kappa shape index (κ3) is 5.39. The summed E-state index contributed by atoms with van der Waals surface area (Å²) in [4.78, 5) is 15.9. The number of thioether (sulfide) groups is 1. The van der Waals surface area contributed by atoms with Crippen LogP contribution in [0.2, 0.25) is 0 Å². The summed E-state index contributed by atoms with van der Waals surface area (Å²) in [5, 5.41) is 0. The fourth-order valence-electron chi connectivity index (χ4n) is 2.59. The van der Waals surface area contributed by atoms with E-state index < -0.39 is 0 Å². The lowest BCUT2D eigenvalue weighted by molar-refractivity contribution is -0.131. The minimum atomic E-state index is 0.391. The van der Waals surface area contributed by atoms with Crippen LogP contribution in [0, 0.1) is 11.8 Å². The van der Waals surface area contributed by atoms with E-state index in [4.69, 9.17) is 0 Å². The molecule has 2 fully saturated rings. The zero-order chi connectivity index (χ0) is 14.5. The van der Waals surface area contributed by atoms with Gasteiger partial charge < -0.3 is 4.90 Å². The first kappa shape index (κ1) is 15.0. The summed E-state index contributed by atoms with van der Waals surface area (Å²) in [6.07, 6.45) is 7.04. The van der Waals surface area contributed by atoms with Gasteiger partial charge in [0.2, 0.25) is 5.91 Å². The van der Waals surface area contributed by atoms with Crippen LogP contribution in [-0.2, 0) is 4.79 Å². The maximum absolute atomic E-state index is 12.4. The molecule has 0 aromatic heterocycles. The lowest BCUT2D eigenvalue weighted by Gasteiger charge is -2.22. The lowest BCUT2D eigenvalue weighted by Crippen LogP contribution is -2.34. The van der Waals surface area contributed by atoms with Gasteiger partial charge in [0.15, 0.2) is 0 Å². The first-order valence-corrected chi connectivity index (χ1v) is 9.25. The highest BCUT2D eigenvalue weighted by molar-refractivity contribution is 7.99. The molecule has 2 saturated carbocycles. The minimum Gasteiger partial charge on any atom is -0.342 e. The Bertz CT molecular complexity index is 440. The maximum atomic E-state index is 12.4. The van der Waals surface area contributed by atoms with Gasteiger partial charge in [-0.3, -0.25) is 4.79 Å². The molecule has 1 aromatic carbocycles. The van der Waals surface area contributed by atoms with Gasteiger partial charge in [-0.2, -0.15) is 0 Å². The summed E-state index contributed by atoms with van der Waals surface area (Å²) in [5.74, 6) is 3.05. The van der Waals surface area contributed by atoms with E-state index in [9.17, 15) is 4.79 Å². The highest BCUT2D eigenvalue weighted by Crippen LogP contribution is 2.34. The molecule has 0 unspecified atom stereocenters. The Labute approximate surface area is 132 Å². The van der Waals surface area contributed by atoms with Crippen LogP contribution in [0.15, 0.2) is 35.2 Å². The van der Waals surface area contributed by atoms with Crippen LogP contribution >= 0.6 is 11.8 Å². The van der Waals surface area contributed by atoms with Crippen LogP contribution < -0.4 is 0 Å². The Morgan fingerprint density at radius 3 is 2.24 bits per heavy atom. The van der Waals surface area contributed by atoms with Crippen molar-refractivity contribution in [3.05, 3.63) is 30.3 Å². The molecule has 3 heteroatoms. The zero-order valence-electron chi connectivity index (χ0n) is 12.7. The Balaban J connectivity index is 1.36. The van der Waals surface area contributed by atoms with Gasteiger partial charge in [0, 0.05) is 24.4 Å². The molecular formula is C18H25NOS. The molecule has 0 bridgehead atoms. The normalized spacial score (nSPS) is 17.7. The largest absolute Gasteiger partial charge is 0.342 e. The van der Waals surface area contributed by atoms with E-state index >= 15 is 0 Å². The van der Waals surface area contributed by atoms with Crippen LogP contribution in [0.25, 0.3) is 0 Å². The predicted molar refractivity (Wildman–Crippen MR) is 88.4 cm³/mol. The average molecular weight is 303 g/mol. The molecule has 0 N–H and O–H groups in total. The SMILES string of the molecule is O=C(CCCSc1ccccc1)N(CC1CC1)CC1CC1. The second-order valence-electron chi connectivity index (χ2n) is 6.45. The maximum Gasteiger partial charge on any atom is 0.222 e. The monoisotopic (exact) mass is 303 g/mol. The fraction of sp³-hybridized carbons (Fsp3) is 0.611. The summed E-state index contributed by atoms with van der Waals surface area (Å²) < 4.78 is 0. The van der Waals surface area contributed by atoms with E-state index in [2.05, 4.69) is 29.2 Å². The summed E-state index contributed by atoms with van der Waals surface area (Å²) in [7, 11) is 0. The summed E-state index contributed by atoms with van der Waals surface area (Å²) in [6.45, 7) is 2.06. The molecule has 2 nitrogen and oxygen atoms in total. The minimum absolute atomic E-state index is 0.391. The number of benzene rings is 1. The van der Waals surface area contributed by atoms with Crippen molar-refractivity contribution in [3.63, 3.8) is 0 Å². The Morgan fingerprint density at radius 2 is 1.67 bits per heavy atom. The number of hydrogen-bond donors (Lipinski definition) is 0. The van der Waals surface area contributed by atoms with Crippen molar-refractivity contribution in [2.45, 2.75) is 43.4 Å². The van der Waals surface area contributed by atoms with Crippen molar-refractivity contribution in [2.75, 3.05) is 18.8 Å². The summed E-state index contributed by atoms with van der Waals surface area (Å²) >= 11 is 1.86. The van der Waals surface area contributed by atoms with Gasteiger partial charge in [-0.05, 0) is 61.8 Å². The molecule has 0 aliphatic heterocycles. The van der Waals surface area contributed by atoms with Crippen molar-refractivity contribution >= 4 is 17.7 Å². The van der Waals surface area contributed by atoms with Crippen LogP contribution in [0.5, 0.6) is 0 Å². The molecule has 0 atom stereocenters. The Hall–Kier alpha value is -0.960. The predicted octanol–water partition coefficient (Wildman–Crippen LogP) is 4.21. The second-order valence-corrected chi connectivity index (χ2v) is 7.62. The first-order chi connectivity index (χ1) is 10.3. The molecule has 3 rings (SSSR count). The van der Waals surface area contributed by atoms with Gasteiger partial charge in [-0.1, -0.05) is 18.2 Å². The van der Waals surface area contributed by atoms with E-state index in [1.165, 1.54) is 30.6 Å². The summed E-state index contributed by atoms with van der Waals surface area (Å²) in [5.41, 5.74) is 0. The van der Waals surface area contributed by atoms with Crippen molar-refractivity contribution in [1.29, 1.82) is 0 Å². The second kappa shape index (κ2) is 7.35. The van der Waals surface area contributed by atoms with Gasteiger partial charge in [0.25, 0.3) is 0 Å². The van der Waals surface area contributed by atoms with Gasteiger partial charge in [-0.25, -0.2) is 0 Å². The molecule has 0 spiro atoms. The Morgan fingerprint density at radius 1 is 1.05 bits per heavy atom. The van der Waals surface area contributed by atoms with E-state index in [1.807, 2.05) is 17.8 Å². The van der Waals surface area contributed by atoms with Crippen LogP contribution in [0.3, 0.4) is 0 Å². The first-order valence-electron chi connectivity index (χ1n) is 8.27. The molecule has 0 saturated heterocycles. The molecule has 21 heavy (non-hydrogen) atoms. The van der Waals surface area contributed by atoms with Gasteiger partial charge >= 0.3 is 0 Å². The van der Waals surface area contributed by atoms with Crippen molar-refractivity contribution < 1.29 is 4.79 Å². The highest BCUT2D eigenvalue weighted by Gasteiger charge is 2.31. The molecule has 2 aliphatic carbocycles. The fourth-order valence-corrected chi connectivity index (χ4v) is 3.46. The molecule has 1 aromatic rings. The van der Waals surface area contributed by atoms with Crippen molar-refractivity contribution in [3.8, 4) is 0 Å². The van der Waals surface area contributed by atoms with Crippen LogP contribution in [-0.4, -0.2) is 29.6 Å². The van der Waals surface area contributed by atoms with E-state index in [0.29, 0.717) is 5.91 Å². The van der Waals surface area contributed by atoms with Crippen molar-refractivity contribution in [1.82, 2.24) is 4.90 Å². The number of rotatable bonds is 9. The van der Waals surface area contributed by atoms with E-state index in [0.717, 1.165) is 43.5 Å². The van der Waals surface area contributed by atoms with Gasteiger partial charge in [-0.15, -0.1) is 11.8 Å². The average Bonchev–Trinajstić information content (AvgIpc) is 3.39. The standard InChI is InChI=1S/C18H25NOS/c20-18(7-4-12-21-17-5-2-1-3-6-17)19(13-15-8-9-15)14-16-10-11-16/h1-3,5-6,15-16H,4,7-14H2. The highest BCUT2D eigenvalue weighted by atomic mass is 32.2. The smallest absolute Gasteiger partial charge is 0.222 e. The Kier molecular flexibility index (Phi) is 5.23.